The minimum atomic E-state index is 0. The van der Waals surface area contributed by atoms with Crippen LogP contribution in [0.2, 0.25) is 0 Å². The lowest BCUT2D eigenvalue weighted by atomic mass is 10.8. The topological polar surface area (TPSA) is 104 Å². The number of halogens is 4. The Labute approximate surface area is 96.6 Å². The quantitative estimate of drug-likeness (QED) is 0.475. The van der Waals surface area contributed by atoms with Crippen molar-refractivity contribution in [2.24, 2.45) is 22.9 Å². The van der Waals surface area contributed by atoms with E-state index in [0.29, 0.717) is 0 Å². The van der Waals surface area contributed by atoms with Crippen LogP contribution in [0.25, 0.3) is 0 Å². The highest BCUT2D eigenvalue weighted by Crippen LogP contribution is 1.21. The fraction of sp³-hybridized carbons (Fsp3) is 1.00. The first-order chi connectivity index (χ1) is 5.66. The molecule has 0 saturated carbocycles. The predicted octanol–water partition coefficient (Wildman–Crippen LogP) is 0.470. The molecular formula is C8H32F4N4. The first-order valence-corrected chi connectivity index (χ1v) is 4.46. The Morgan fingerprint density at radius 3 is 0.438 bits per heavy atom. The van der Waals surface area contributed by atoms with Crippen molar-refractivity contribution in [2.75, 3.05) is 26.2 Å². The van der Waals surface area contributed by atoms with Crippen LogP contribution in [0.5, 0.6) is 0 Å². The van der Waals surface area contributed by atoms with Gasteiger partial charge >= 0.3 is 0 Å². The fourth-order valence-corrected chi connectivity index (χ4v) is 0. The molecule has 8 N–H and O–H groups in total. The van der Waals surface area contributed by atoms with E-state index in [1.165, 1.54) is 0 Å². The SMILES string of the molecule is CCN.CCN.CCN.CCN.F.F.F.F. The van der Waals surface area contributed by atoms with Gasteiger partial charge in [-0.25, -0.2) is 0 Å². The Morgan fingerprint density at radius 1 is 0.438 bits per heavy atom. The summed E-state index contributed by atoms with van der Waals surface area (Å²) in [6, 6.07) is 0. The van der Waals surface area contributed by atoms with Crippen LogP contribution in [0, 0.1) is 0 Å². The van der Waals surface area contributed by atoms with Crippen molar-refractivity contribution in [1.82, 2.24) is 0 Å². The Kier molecular flexibility index (Phi) is 762. The highest BCUT2D eigenvalue weighted by molar-refractivity contribution is 4.01. The molecule has 0 rings (SSSR count). The van der Waals surface area contributed by atoms with Crippen molar-refractivity contribution >= 4 is 0 Å². The molecule has 0 spiro atoms. The Morgan fingerprint density at radius 2 is 0.438 bits per heavy atom. The van der Waals surface area contributed by atoms with E-state index in [0.717, 1.165) is 26.2 Å². The molecule has 0 amide bonds. The van der Waals surface area contributed by atoms with Gasteiger partial charge in [0.15, 0.2) is 0 Å². The van der Waals surface area contributed by atoms with Gasteiger partial charge in [-0.3, -0.25) is 18.8 Å². The fourth-order valence-electron chi connectivity index (χ4n) is 0. The van der Waals surface area contributed by atoms with Gasteiger partial charge in [-0.2, -0.15) is 0 Å². The highest BCUT2D eigenvalue weighted by Gasteiger charge is 1.33. The molecule has 4 nitrogen and oxygen atoms in total. The van der Waals surface area contributed by atoms with Gasteiger partial charge in [0, 0.05) is 0 Å². The number of hydrogen-bond acceptors (Lipinski definition) is 4. The molecule has 0 aromatic carbocycles. The molecule has 16 heavy (non-hydrogen) atoms. The number of hydrogen-bond donors (Lipinski definition) is 4. The summed E-state index contributed by atoms with van der Waals surface area (Å²) in [5.41, 5.74) is 19.4. The maximum atomic E-state index is 4.85. The van der Waals surface area contributed by atoms with Crippen LogP contribution in [-0.2, 0) is 0 Å². The molecule has 8 heteroatoms. The van der Waals surface area contributed by atoms with Gasteiger partial charge in [0.1, 0.15) is 0 Å². The summed E-state index contributed by atoms with van der Waals surface area (Å²) >= 11 is 0. The Balaban J connectivity index is -0.00000000821. The molecule has 0 aliphatic rings. The second-order valence-corrected chi connectivity index (χ2v) is 1.63. The van der Waals surface area contributed by atoms with Crippen LogP contribution in [0.15, 0.2) is 0 Å². The van der Waals surface area contributed by atoms with Crippen molar-refractivity contribution in [2.45, 2.75) is 27.7 Å². The number of rotatable bonds is 0. The largest absolute Gasteiger partial charge is 0.331 e. The van der Waals surface area contributed by atoms with Crippen molar-refractivity contribution in [1.29, 1.82) is 0 Å². The normalized spacial score (nSPS) is 4.50. The Bertz CT molecular complexity index is 32.0. The van der Waals surface area contributed by atoms with Crippen LogP contribution in [0.4, 0.5) is 18.8 Å². The average Bonchev–Trinajstić information content (AvgIpc) is 1.92. The van der Waals surface area contributed by atoms with Crippen LogP contribution >= 0.6 is 0 Å². The first-order valence-electron chi connectivity index (χ1n) is 4.46. The molecule has 0 aliphatic heterocycles. The lowest BCUT2D eigenvalue weighted by molar-refractivity contribution is 1.11. The molecule has 0 aromatic rings. The van der Waals surface area contributed by atoms with E-state index in [4.69, 9.17) is 22.9 Å². The second kappa shape index (κ2) is 211. The van der Waals surface area contributed by atoms with E-state index in [2.05, 4.69) is 0 Å². The summed E-state index contributed by atoms with van der Waals surface area (Å²) < 4.78 is 0. The minimum Gasteiger partial charge on any atom is -0.331 e. The van der Waals surface area contributed by atoms with Crippen LogP contribution in [-0.4, -0.2) is 26.2 Å². The highest BCUT2D eigenvalue weighted by atomic mass is 19.0. The predicted molar refractivity (Wildman–Crippen MR) is 68.9 cm³/mol. The molecule has 0 saturated heterocycles. The lowest BCUT2D eigenvalue weighted by Crippen LogP contribution is -1.87. The Hall–Kier alpha value is -0.440. The third-order valence-corrected chi connectivity index (χ3v) is 0. The first kappa shape index (κ1) is 57.7. The zero-order valence-corrected chi connectivity index (χ0v) is 10.8. The van der Waals surface area contributed by atoms with Crippen LogP contribution in [0.3, 0.4) is 0 Å². The molecule has 0 atom stereocenters. The van der Waals surface area contributed by atoms with Crippen molar-refractivity contribution in [3.8, 4) is 0 Å². The van der Waals surface area contributed by atoms with E-state index < -0.39 is 0 Å². The van der Waals surface area contributed by atoms with Gasteiger partial charge < -0.3 is 22.9 Å². The van der Waals surface area contributed by atoms with E-state index in [9.17, 15) is 0 Å². The standard InChI is InChI=1S/4C2H7N.4FH/c4*1-2-3;;;;/h4*2-3H2,1H3;4*1H. The summed E-state index contributed by atoms with van der Waals surface area (Å²) in [6.45, 7) is 10.6. The maximum absolute atomic E-state index is 4.85. The monoisotopic (exact) mass is 260 g/mol. The van der Waals surface area contributed by atoms with Gasteiger partial charge in [-0.05, 0) is 26.2 Å². The molecule has 0 heterocycles. The molecule has 0 aliphatic carbocycles. The average molecular weight is 260 g/mol. The molecular weight excluding hydrogens is 228 g/mol. The summed E-state index contributed by atoms with van der Waals surface area (Å²) in [6.07, 6.45) is 0. The molecule has 0 radical (unpaired) electrons. The minimum absolute atomic E-state index is 0. The van der Waals surface area contributed by atoms with E-state index in [1.807, 2.05) is 27.7 Å². The summed E-state index contributed by atoms with van der Waals surface area (Å²) in [5.74, 6) is 0. The summed E-state index contributed by atoms with van der Waals surface area (Å²) in [5, 5.41) is 0. The van der Waals surface area contributed by atoms with Gasteiger partial charge in [-0.15, -0.1) is 0 Å². The second-order valence-electron chi connectivity index (χ2n) is 1.63. The van der Waals surface area contributed by atoms with E-state index in [1.54, 1.807) is 0 Å². The summed E-state index contributed by atoms with van der Waals surface area (Å²) in [4.78, 5) is 0. The smallest absolute Gasteiger partial charge is 0.0106 e. The molecule has 0 fully saturated rings. The summed E-state index contributed by atoms with van der Waals surface area (Å²) in [7, 11) is 0. The maximum Gasteiger partial charge on any atom is -0.0106 e. The van der Waals surface area contributed by atoms with E-state index in [-0.39, 0.29) is 18.8 Å². The zero-order valence-electron chi connectivity index (χ0n) is 10.8. The van der Waals surface area contributed by atoms with Crippen LogP contribution < -0.4 is 22.9 Å². The third kappa shape index (κ3) is 11000. The van der Waals surface area contributed by atoms with Crippen molar-refractivity contribution in [3.05, 3.63) is 0 Å². The van der Waals surface area contributed by atoms with Gasteiger partial charge in [0.05, 0.1) is 0 Å². The molecule has 0 bridgehead atoms. The molecule has 112 valence electrons. The lowest BCUT2D eigenvalue weighted by Gasteiger charge is -1.53. The molecule has 0 unspecified atom stereocenters. The van der Waals surface area contributed by atoms with Crippen LogP contribution in [0.1, 0.15) is 27.7 Å². The zero-order chi connectivity index (χ0) is 10.8. The van der Waals surface area contributed by atoms with Gasteiger partial charge in [0.2, 0.25) is 0 Å². The van der Waals surface area contributed by atoms with Gasteiger partial charge in [0.25, 0.3) is 0 Å². The van der Waals surface area contributed by atoms with E-state index >= 15 is 0 Å². The number of nitrogens with two attached hydrogens (primary N) is 4. The molecule has 0 aromatic heterocycles. The van der Waals surface area contributed by atoms with Crippen molar-refractivity contribution in [3.63, 3.8) is 0 Å². The van der Waals surface area contributed by atoms with Gasteiger partial charge in [-0.1, -0.05) is 27.7 Å². The van der Waals surface area contributed by atoms with Crippen molar-refractivity contribution < 1.29 is 18.8 Å². The third-order valence-electron chi connectivity index (χ3n) is 0.